The van der Waals surface area contributed by atoms with E-state index in [1.807, 2.05) is 17.1 Å². The first kappa shape index (κ1) is 21.1. The Morgan fingerprint density at radius 2 is 1.88 bits per heavy atom. The molecule has 6 rings (SSSR count). The van der Waals surface area contributed by atoms with Crippen LogP contribution in [0.5, 0.6) is 0 Å². The average Bonchev–Trinajstić information content (AvgIpc) is 3.53. The van der Waals surface area contributed by atoms with Crippen LogP contribution in [0.15, 0.2) is 36.7 Å². The molecule has 2 amide bonds. The third-order valence-corrected chi connectivity index (χ3v) is 6.90. The zero-order chi connectivity index (χ0) is 23.6. The Hall–Kier alpha value is -3.46. The highest BCUT2D eigenvalue weighted by molar-refractivity contribution is 6.23. The van der Waals surface area contributed by atoms with Crippen LogP contribution in [-0.4, -0.2) is 45.1 Å². The number of hydrogen-bond donors (Lipinski definition) is 0. The van der Waals surface area contributed by atoms with Crippen LogP contribution in [0.2, 0.25) is 0 Å². The number of aromatic nitrogens is 3. The number of imide groups is 1. The fourth-order valence-corrected chi connectivity index (χ4v) is 4.83. The van der Waals surface area contributed by atoms with Gasteiger partial charge in [-0.3, -0.25) is 24.2 Å². The number of nitrogens with zero attached hydrogens (tertiary/aromatic N) is 4. The summed E-state index contributed by atoms with van der Waals surface area (Å²) in [5, 5.41) is 4.46. The van der Waals surface area contributed by atoms with Gasteiger partial charge in [0.1, 0.15) is 11.6 Å². The summed E-state index contributed by atoms with van der Waals surface area (Å²) < 4.78 is 36.3. The Morgan fingerprint density at radius 3 is 2.65 bits per heavy atom. The number of carbonyl (C=O) groups is 2. The summed E-state index contributed by atoms with van der Waals surface area (Å²) in [5.74, 6) is -2.63. The average molecular weight is 464 g/mol. The van der Waals surface area contributed by atoms with Crippen molar-refractivity contribution in [3.05, 3.63) is 70.7 Å². The summed E-state index contributed by atoms with van der Waals surface area (Å²) in [5.41, 5.74) is 1.89. The van der Waals surface area contributed by atoms with E-state index < -0.39 is 23.4 Å². The predicted molar refractivity (Wildman–Crippen MR) is 117 cm³/mol. The highest BCUT2D eigenvalue weighted by Crippen LogP contribution is 2.41. The molecule has 3 aromatic rings. The van der Waals surface area contributed by atoms with Gasteiger partial charge in [0, 0.05) is 48.7 Å². The predicted octanol–water partition coefficient (Wildman–Crippen LogP) is 4.42. The van der Waals surface area contributed by atoms with Crippen molar-refractivity contribution in [3.8, 4) is 11.3 Å². The number of benzene rings is 1. The number of amides is 2. The monoisotopic (exact) mass is 464 g/mol. The van der Waals surface area contributed by atoms with Gasteiger partial charge in [0.05, 0.1) is 35.2 Å². The molecule has 2 atom stereocenters. The van der Waals surface area contributed by atoms with Gasteiger partial charge >= 0.3 is 0 Å². The fourth-order valence-electron chi connectivity index (χ4n) is 4.83. The summed E-state index contributed by atoms with van der Waals surface area (Å²) >= 11 is 0. The molecular weight excluding hydrogens is 442 g/mol. The molecule has 7 nitrogen and oxygen atoms in total. The van der Waals surface area contributed by atoms with Crippen LogP contribution >= 0.6 is 0 Å². The number of halogens is 2. The van der Waals surface area contributed by atoms with Crippen LogP contribution in [-0.2, 0) is 4.74 Å². The minimum Gasteiger partial charge on any atom is -0.373 e. The molecule has 0 spiro atoms. The van der Waals surface area contributed by atoms with E-state index in [0.29, 0.717) is 31.2 Å². The third-order valence-electron chi connectivity index (χ3n) is 6.90. The molecule has 1 aromatic carbocycles. The molecule has 0 unspecified atom stereocenters. The van der Waals surface area contributed by atoms with E-state index in [1.165, 1.54) is 13.1 Å². The molecule has 1 aliphatic carbocycles. The molecule has 34 heavy (non-hydrogen) atoms. The van der Waals surface area contributed by atoms with Crippen LogP contribution < -0.4 is 0 Å². The zero-order valence-corrected chi connectivity index (χ0v) is 18.5. The molecule has 3 aliphatic rings. The number of pyridine rings is 1. The normalized spacial score (nSPS) is 22.4. The lowest BCUT2D eigenvalue weighted by Gasteiger charge is -2.29. The number of fused-ring (bicyclic) bond motifs is 1. The fraction of sp³-hybridized carbons (Fsp3) is 0.360. The molecule has 0 N–H and O–H groups in total. The largest absolute Gasteiger partial charge is 0.373 e. The van der Waals surface area contributed by atoms with Gasteiger partial charge in [-0.25, -0.2) is 8.78 Å². The van der Waals surface area contributed by atoms with Crippen molar-refractivity contribution < 1.29 is 23.1 Å². The van der Waals surface area contributed by atoms with Crippen LogP contribution in [0.3, 0.4) is 0 Å². The van der Waals surface area contributed by atoms with Crippen molar-refractivity contribution in [1.82, 2.24) is 19.7 Å². The van der Waals surface area contributed by atoms with Crippen LogP contribution in [0.25, 0.3) is 11.3 Å². The smallest absolute Gasteiger partial charge is 0.263 e. The van der Waals surface area contributed by atoms with Gasteiger partial charge in [-0.15, -0.1) is 0 Å². The number of rotatable bonds is 4. The van der Waals surface area contributed by atoms with E-state index in [1.54, 1.807) is 6.07 Å². The second-order valence-corrected chi connectivity index (χ2v) is 9.18. The molecule has 1 saturated heterocycles. The molecule has 4 heterocycles. The summed E-state index contributed by atoms with van der Waals surface area (Å²) in [7, 11) is 1.39. The first-order chi connectivity index (χ1) is 16.4. The summed E-state index contributed by atoms with van der Waals surface area (Å²) in [6, 6.07) is 5.24. The Kier molecular flexibility index (Phi) is 4.84. The molecule has 0 radical (unpaired) electrons. The lowest BCUT2D eigenvalue weighted by Crippen LogP contribution is -2.24. The summed E-state index contributed by atoms with van der Waals surface area (Å²) in [6.45, 7) is 0.496. The van der Waals surface area contributed by atoms with Crippen LogP contribution in [0.1, 0.15) is 75.7 Å². The second-order valence-electron chi connectivity index (χ2n) is 9.18. The maximum atomic E-state index is 14.7. The van der Waals surface area contributed by atoms with Crippen molar-refractivity contribution in [2.75, 3.05) is 13.7 Å². The highest BCUT2D eigenvalue weighted by atomic mass is 19.1. The first-order valence-electron chi connectivity index (χ1n) is 11.4. The van der Waals surface area contributed by atoms with Crippen molar-refractivity contribution in [2.24, 2.45) is 0 Å². The minimum absolute atomic E-state index is 0.00901. The molecular formula is C25H22F2N4O3. The molecule has 2 aromatic heterocycles. The molecule has 174 valence electrons. The molecule has 0 bridgehead atoms. The van der Waals surface area contributed by atoms with Gasteiger partial charge in [0.15, 0.2) is 0 Å². The maximum absolute atomic E-state index is 14.7. The van der Waals surface area contributed by atoms with E-state index in [2.05, 4.69) is 10.1 Å². The SMILES string of the molecule is CN1C(=O)c2cc([C@H]3CCO[C@@H](c4cnn(C5CC5)c4)C3)nc(-c3ccc(F)cc3F)c2C1=O. The first-order valence-corrected chi connectivity index (χ1v) is 11.4. The lowest BCUT2D eigenvalue weighted by atomic mass is 9.88. The standard InChI is InChI=1S/C25H22F2N4O3/c1-30-24(32)18-10-20(29-23(22(18)25(30)33)17-5-2-15(26)9-19(17)27)13-6-7-34-21(8-13)14-11-28-31(12-14)16-3-4-16/h2,5,9-13,16,21H,3-4,6-8H2,1H3/t13-,21+/m0/s1. The Morgan fingerprint density at radius 1 is 1.06 bits per heavy atom. The van der Waals surface area contributed by atoms with E-state index in [0.717, 1.165) is 35.4 Å². The Balaban J connectivity index is 1.40. The highest BCUT2D eigenvalue weighted by Gasteiger charge is 2.39. The zero-order valence-electron chi connectivity index (χ0n) is 18.5. The van der Waals surface area contributed by atoms with Crippen molar-refractivity contribution in [3.63, 3.8) is 0 Å². The minimum atomic E-state index is -0.834. The van der Waals surface area contributed by atoms with E-state index in [9.17, 15) is 18.4 Å². The van der Waals surface area contributed by atoms with Gasteiger partial charge < -0.3 is 4.74 Å². The molecule has 2 fully saturated rings. The van der Waals surface area contributed by atoms with Crippen LogP contribution in [0.4, 0.5) is 8.78 Å². The Labute approximate surface area is 194 Å². The molecule has 1 saturated carbocycles. The third kappa shape index (κ3) is 3.42. The van der Waals surface area contributed by atoms with Gasteiger partial charge in [0.2, 0.25) is 0 Å². The lowest BCUT2D eigenvalue weighted by molar-refractivity contribution is 0.00460. The second kappa shape index (κ2) is 7.80. The summed E-state index contributed by atoms with van der Waals surface area (Å²) in [4.78, 5) is 31.3. The van der Waals surface area contributed by atoms with E-state index in [-0.39, 0.29) is 34.4 Å². The van der Waals surface area contributed by atoms with Crippen molar-refractivity contribution in [2.45, 2.75) is 43.7 Å². The van der Waals surface area contributed by atoms with Gasteiger partial charge in [-0.2, -0.15) is 5.10 Å². The molecule has 9 heteroatoms. The topological polar surface area (TPSA) is 77.3 Å². The quantitative estimate of drug-likeness (QED) is 0.535. The maximum Gasteiger partial charge on any atom is 0.263 e. The van der Waals surface area contributed by atoms with Crippen molar-refractivity contribution in [1.29, 1.82) is 0 Å². The molecule has 2 aliphatic heterocycles. The number of hydrogen-bond acceptors (Lipinski definition) is 5. The van der Waals surface area contributed by atoms with E-state index >= 15 is 0 Å². The number of carbonyl (C=O) groups excluding carboxylic acids is 2. The van der Waals surface area contributed by atoms with Gasteiger partial charge in [-0.05, 0) is 43.9 Å². The Bertz CT molecular complexity index is 1330. The van der Waals surface area contributed by atoms with Gasteiger partial charge in [0.25, 0.3) is 11.8 Å². The van der Waals surface area contributed by atoms with Crippen molar-refractivity contribution >= 4 is 11.8 Å². The van der Waals surface area contributed by atoms with Crippen LogP contribution in [0, 0.1) is 11.6 Å². The number of ether oxygens (including phenoxy) is 1. The summed E-state index contributed by atoms with van der Waals surface area (Å²) in [6.07, 6.45) is 7.24. The van der Waals surface area contributed by atoms with Gasteiger partial charge in [-0.1, -0.05) is 0 Å². The van der Waals surface area contributed by atoms with E-state index in [4.69, 9.17) is 4.74 Å².